The van der Waals surface area contributed by atoms with Gasteiger partial charge in [-0.25, -0.2) is 13.1 Å². The Kier molecular flexibility index (Phi) is 3.92. The van der Waals surface area contributed by atoms with E-state index in [0.29, 0.717) is 10.8 Å². The molecule has 2 heterocycles. The third-order valence-electron chi connectivity index (χ3n) is 1.92. The Balaban J connectivity index is 1.94. The lowest BCUT2D eigenvalue weighted by Gasteiger charge is -2.04. The molecular formula is C8H9BrN4O2S2. The van der Waals surface area contributed by atoms with Crippen LogP contribution in [-0.4, -0.2) is 30.0 Å². The van der Waals surface area contributed by atoms with E-state index in [4.69, 9.17) is 0 Å². The molecule has 0 bridgehead atoms. The minimum Gasteiger partial charge on any atom is -0.251 e. The summed E-state index contributed by atoms with van der Waals surface area (Å²) in [6, 6.07) is 3.27. The molecule has 0 radical (unpaired) electrons. The summed E-state index contributed by atoms with van der Waals surface area (Å²) in [5, 5.41) is 7.37. The zero-order valence-corrected chi connectivity index (χ0v) is 11.8. The van der Waals surface area contributed by atoms with Crippen molar-refractivity contribution in [3.05, 3.63) is 28.3 Å². The predicted octanol–water partition coefficient (Wildman–Crippen LogP) is 1.08. The van der Waals surface area contributed by atoms with Crippen LogP contribution < -0.4 is 4.72 Å². The van der Waals surface area contributed by atoms with Crippen molar-refractivity contribution < 1.29 is 8.42 Å². The molecule has 0 aliphatic rings. The van der Waals surface area contributed by atoms with Gasteiger partial charge >= 0.3 is 0 Å². The van der Waals surface area contributed by atoms with Gasteiger partial charge in [-0.1, -0.05) is 5.21 Å². The first kappa shape index (κ1) is 12.7. The summed E-state index contributed by atoms with van der Waals surface area (Å²) < 4.78 is 28.8. The summed E-state index contributed by atoms with van der Waals surface area (Å²) in [6.07, 6.45) is 3.22. The van der Waals surface area contributed by atoms with E-state index in [1.165, 1.54) is 11.3 Å². The van der Waals surface area contributed by atoms with E-state index in [1.54, 1.807) is 29.2 Å². The molecule has 0 spiro atoms. The van der Waals surface area contributed by atoms with E-state index < -0.39 is 10.0 Å². The number of thiophene rings is 1. The van der Waals surface area contributed by atoms with Crippen molar-refractivity contribution in [2.45, 2.75) is 10.8 Å². The fourth-order valence-corrected chi connectivity index (χ4v) is 4.24. The van der Waals surface area contributed by atoms with Gasteiger partial charge in [0.15, 0.2) is 0 Å². The molecule has 2 aromatic heterocycles. The largest absolute Gasteiger partial charge is 0.251 e. The molecular weight excluding hydrogens is 328 g/mol. The fraction of sp³-hybridized carbons (Fsp3) is 0.250. The van der Waals surface area contributed by atoms with Crippen LogP contribution in [0, 0.1) is 0 Å². The number of hydrogen-bond acceptors (Lipinski definition) is 5. The first-order valence-corrected chi connectivity index (χ1v) is 7.76. The van der Waals surface area contributed by atoms with Crippen LogP contribution in [0.3, 0.4) is 0 Å². The van der Waals surface area contributed by atoms with E-state index in [1.807, 2.05) is 0 Å². The van der Waals surface area contributed by atoms with Crippen LogP contribution in [0.4, 0.5) is 0 Å². The van der Waals surface area contributed by atoms with Gasteiger partial charge in [-0.2, -0.15) is 0 Å². The summed E-state index contributed by atoms with van der Waals surface area (Å²) in [5.74, 6) is 0. The number of sulfonamides is 1. The van der Waals surface area contributed by atoms with Gasteiger partial charge < -0.3 is 0 Å². The van der Waals surface area contributed by atoms with Gasteiger partial charge in [-0.3, -0.25) is 4.68 Å². The molecule has 0 aliphatic heterocycles. The second-order valence-electron chi connectivity index (χ2n) is 3.12. The summed E-state index contributed by atoms with van der Waals surface area (Å²) in [6.45, 7) is 0.729. The molecule has 2 rings (SSSR count). The van der Waals surface area contributed by atoms with Crippen LogP contribution in [0.5, 0.6) is 0 Å². The summed E-state index contributed by atoms with van der Waals surface area (Å²) in [5.41, 5.74) is 0. The lowest BCUT2D eigenvalue weighted by atomic mass is 10.6. The van der Waals surface area contributed by atoms with Crippen molar-refractivity contribution >= 4 is 37.3 Å². The van der Waals surface area contributed by atoms with Crippen LogP contribution >= 0.6 is 27.3 Å². The lowest BCUT2D eigenvalue weighted by molar-refractivity contribution is 0.554. The average molecular weight is 337 g/mol. The Labute approximate surface area is 111 Å². The molecule has 1 N–H and O–H groups in total. The van der Waals surface area contributed by atoms with Gasteiger partial charge in [0.05, 0.1) is 16.5 Å². The smallest absolute Gasteiger partial charge is 0.250 e. The minimum atomic E-state index is -3.42. The van der Waals surface area contributed by atoms with Crippen molar-refractivity contribution in [1.29, 1.82) is 0 Å². The minimum absolute atomic E-state index is 0.279. The number of aromatic nitrogens is 3. The molecule has 0 atom stereocenters. The second kappa shape index (κ2) is 5.25. The summed E-state index contributed by atoms with van der Waals surface area (Å²) in [4.78, 5) is 0. The maximum atomic E-state index is 11.8. The third-order valence-corrected chi connectivity index (χ3v) is 5.49. The van der Waals surface area contributed by atoms with E-state index in [-0.39, 0.29) is 6.54 Å². The van der Waals surface area contributed by atoms with Gasteiger partial charge in [0.2, 0.25) is 10.0 Å². The molecule has 2 aromatic rings. The van der Waals surface area contributed by atoms with Crippen molar-refractivity contribution in [3.8, 4) is 0 Å². The van der Waals surface area contributed by atoms with E-state index in [2.05, 4.69) is 31.0 Å². The number of hydrogen-bond donors (Lipinski definition) is 1. The maximum Gasteiger partial charge on any atom is 0.250 e. The molecule has 0 saturated carbocycles. The van der Waals surface area contributed by atoms with Crippen LogP contribution in [0.25, 0.3) is 0 Å². The quantitative estimate of drug-likeness (QED) is 0.886. The molecule has 6 nitrogen and oxygen atoms in total. The Morgan fingerprint density at radius 3 is 2.88 bits per heavy atom. The fourth-order valence-electron chi connectivity index (χ4n) is 1.16. The molecule has 0 fully saturated rings. The van der Waals surface area contributed by atoms with E-state index in [9.17, 15) is 8.42 Å². The van der Waals surface area contributed by atoms with Crippen molar-refractivity contribution in [1.82, 2.24) is 19.7 Å². The van der Waals surface area contributed by atoms with Gasteiger partial charge in [0.25, 0.3) is 0 Å². The van der Waals surface area contributed by atoms with Gasteiger partial charge in [-0.05, 0) is 28.1 Å². The standard InChI is InChI=1S/C8H9BrN4O2S2/c9-7-1-2-8(16-7)17(14,15)11-4-6-13-5-3-10-12-13/h1-3,5,11H,4,6H2. The topological polar surface area (TPSA) is 76.9 Å². The number of nitrogens with one attached hydrogen (secondary N) is 1. The van der Waals surface area contributed by atoms with Gasteiger partial charge in [0.1, 0.15) is 4.21 Å². The highest BCUT2D eigenvalue weighted by molar-refractivity contribution is 9.11. The first-order valence-electron chi connectivity index (χ1n) is 4.67. The normalized spacial score (nSPS) is 11.8. The lowest BCUT2D eigenvalue weighted by Crippen LogP contribution is -2.27. The monoisotopic (exact) mass is 336 g/mol. The van der Waals surface area contributed by atoms with Crippen molar-refractivity contribution in [3.63, 3.8) is 0 Å². The Bertz CT molecular complexity index is 578. The van der Waals surface area contributed by atoms with Gasteiger partial charge in [-0.15, -0.1) is 16.4 Å². The number of rotatable bonds is 5. The summed E-state index contributed by atoms with van der Waals surface area (Å²) >= 11 is 4.40. The molecule has 0 unspecified atom stereocenters. The van der Waals surface area contributed by atoms with Crippen LogP contribution in [0.1, 0.15) is 0 Å². The third kappa shape index (κ3) is 3.35. The highest BCUT2D eigenvalue weighted by atomic mass is 79.9. The highest BCUT2D eigenvalue weighted by Gasteiger charge is 2.15. The van der Waals surface area contributed by atoms with Gasteiger partial charge in [0, 0.05) is 12.7 Å². The number of nitrogens with zero attached hydrogens (tertiary/aromatic N) is 3. The van der Waals surface area contributed by atoms with Crippen molar-refractivity contribution in [2.75, 3.05) is 6.54 Å². The average Bonchev–Trinajstić information content (AvgIpc) is 2.89. The van der Waals surface area contributed by atoms with E-state index >= 15 is 0 Å². The Morgan fingerprint density at radius 1 is 1.47 bits per heavy atom. The molecule has 9 heteroatoms. The Morgan fingerprint density at radius 2 is 2.29 bits per heavy atom. The maximum absolute atomic E-state index is 11.8. The highest BCUT2D eigenvalue weighted by Crippen LogP contribution is 2.25. The molecule has 0 saturated heterocycles. The van der Waals surface area contributed by atoms with Crippen LogP contribution in [0.2, 0.25) is 0 Å². The van der Waals surface area contributed by atoms with E-state index in [0.717, 1.165) is 3.79 Å². The first-order chi connectivity index (χ1) is 8.08. The molecule has 0 aliphatic carbocycles. The molecule has 92 valence electrons. The zero-order chi connectivity index (χ0) is 12.3. The molecule has 0 aromatic carbocycles. The van der Waals surface area contributed by atoms with Crippen molar-refractivity contribution in [2.24, 2.45) is 0 Å². The SMILES string of the molecule is O=S(=O)(NCCn1ccnn1)c1ccc(Br)s1. The number of halogens is 1. The Hall–Kier alpha value is -0.770. The van der Waals surface area contributed by atoms with Crippen LogP contribution in [0.15, 0.2) is 32.5 Å². The molecule has 17 heavy (non-hydrogen) atoms. The second-order valence-corrected chi connectivity index (χ2v) is 7.58. The predicted molar refractivity (Wildman–Crippen MR) is 67.2 cm³/mol. The summed E-state index contributed by atoms with van der Waals surface area (Å²) in [7, 11) is -3.42. The van der Waals surface area contributed by atoms with Crippen LogP contribution in [-0.2, 0) is 16.6 Å². The molecule has 0 amide bonds. The zero-order valence-electron chi connectivity index (χ0n) is 8.58.